The van der Waals surface area contributed by atoms with E-state index in [9.17, 15) is 4.79 Å². The summed E-state index contributed by atoms with van der Waals surface area (Å²) in [6.07, 6.45) is 7.99. The van der Waals surface area contributed by atoms with Gasteiger partial charge in [-0.15, -0.1) is 24.0 Å². The Hall–Kier alpha value is -1.31. The van der Waals surface area contributed by atoms with Crippen LogP contribution in [0.5, 0.6) is 0 Å². The fraction of sp³-hybridized carbons (Fsp3) is 0.600. The van der Waals surface area contributed by atoms with Gasteiger partial charge in [-0.25, -0.2) is 0 Å². The molecule has 1 unspecified atom stereocenters. The summed E-state index contributed by atoms with van der Waals surface area (Å²) in [5, 5.41) is 9.58. The molecule has 3 N–H and O–H groups in total. The first-order valence-corrected chi connectivity index (χ1v) is 9.48. The van der Waals surface area contributed by atoms with Crippen LogP contribution in [0, 0.1) is 0 Å². The number of aryl methyl sites for hydroxylation is 1. The van der Waals surface area contributed by atoms with Crippen molar-refractivity contribution in [1.82, 2.24) is 16.0 Å². The number of hydrogen-bond acceptors (Lipinski definition) is 2. The molecule has 1 aromatic carbocycles. The molecule has 0 bridgehead atoms. The summed E-state index contributed by atoms with van der Waals surface area (Å²) in [7, 11) is 1.73. The van der Waals surface area contributed by atoms with E-state index in [0.29, 0.717) is 12.0 Å². The summed E-state index contributed by atoms with van der Waals surface area (Å²) < 4.78 is 0. The SMILES string of the molecule is CN=C(NCC(=O)NC1CCCCC1)NC(C)CCc1ccccc1.I. The van der Waals surface area contributed by atoms with E-state index in [4.69, 9.17) is 0 Å². The Labute approximate surface area is 174 Å². The first kappa shape index (κ1) is 22.7. The van der Waals surface area contributed by atoms with E-state index in [-0.39, 0.29) is 42.5 Å². The Bertz CT molecular complexity index is 544. The van der Waals surface area contributed by atoms with Crippen molar-refractivity contribution in [2.75, 3.05) is 13.6 Å². The van der Waals surface area contributed by atoms with Crippen LogP contribution >= 0.6 is 24.0 Å². The van der Waals surface area contributed by atoms with E-state index >= 15 is 0 Å². The van der Waals surface area contributed by atoms with Gasteiger partial charge in [0.2, 0.25) is 5.91 Å². The highest BCUT2D eigenvalue weighted by Crippen LogP contribution is 2.17. The molecule has 1 fully saturated rings. The molecular weight excluding hydrogens is 439 g/mol. The number of hydrogen-bond donors (Lipinski definition) is 3. The number of guanidine groups is 1. The predicted molar refractivity (Wildman–Crippen MR) is 119 cm³/mol. The molecule has 6 heteroatoms. The molecule has 146 valence electrons. The summed E-state index contributed by atoms with van der Waals surface area (Å²) in [4.78, 5) is 16.3. The summed E-state index contributed by atoms with van der Waals surface area (Å²) in [5.41, 5.74) is 1.34. The van der Waals surface area contributed by atoms with Crippen molar-refractivity contribution in [2.24, 2.45) is 4.99 Å². The molecule has 0 saturated heterocycles. The number of nitrogens with one attached hydrogen (secondary N) is 3. The van der Waals surface area contributed by atoms with Crippen LogP contribution in [0.1, 0.15) is 51.0 Å². The first-order valence-electron chi connectivity index (χ1n) is 9.48. The maximum Gasteiger partial charge on any atom is 0.239 e. The Morgan fingerprint density at radius 1 is 1.19 bits per heavy atom. The highest BCUT2D eigenvalue weighted by molar-refractivity contribution is 14.0. The van der Waals surface area contributed by atoms with Gasteiger partial charge in [0.15, 0.2) is 5.96 Å². The number of aliphatic imine (C=N–C) groups is 1. The van der Waals surface area contributed by atoms with Gasteiger partial charge in [0.1, 0.15) is 0 Å². The highest BCUT2D eigenvalue weighted by Gasteiger charge is 2.15. The van der Waals surface area contributed by atoms with Crippen LogP contribution in [-0.4, -0.2) is 37.5 Å². The summed E-state index contributed by atoms with van der Waals surface area (Å²) in [6, 6.07) is 11.1. The quantitative estimate of drug-likeness (QED) is 0.324. The Morgan fingerprint density at radius 3 is 2.54 bits per heavy atom. The van der Waals surface area contributed by atoms with Crippen molar-refractivity contribution in [3.8, 4) is 0 Å². The molecule has 2 rings (SSSR count). The molecule has 0 aliphatic heterocycles. The zero-order valence-corrected chi connectivity index (χ0v) is 18.3. The minimum atomic E-state index is 0. The minimum absolute atomic E-state index is 0. The number of benzene rings is 1. The second kappa shape index (κ2) is 12.9. The van der Waals surface area contributed by atoms with Crippen LogP contribution in [0.4, 0.5) is 0 Å². The average Bonchev–Trinajstić information content (AvgIpc) is 2.65. The zero-order valence-electron chi connectivity index (χ0n) is 16.0. The van der Waals surface area contributed by atoms with Crippen molar-refractivity contribution >= 4 is 35.8 Å². The average molecular weight is 472 g/mol. The molecule has 1 aliphatic carbocycles. The lowest BCUT2D eigenvalue weighted by Gasteiger charge is -2.23. The third-order valence-corrected chi connectivity index (χ3v) is 4.70. The second-order valence-electron chi connectivity index (χ2n) is 6.90. The van der Waals surface area contributed by atoms with Gasteiger partial charge in [-0.1, -0.05) is 49.6 Å². The molecule has 1 saturated carbocycles. The smallest absolute Gasteiger partial charge is 0.239 e. The third-order valence-electron chi connectivity index (χ3n) is 4.70. The molecular formula is C20H33IN4O. The van der Waals surface area contributed by atoms with Crippen LogP contribution in [0.15, 0.2) is 35.3 Å². The Balaban J connectivity index is 0.00000338. The number of rotatable bonds is 7. The maximum atomic E-state index is 12.1. The van der Waals surface area contributed by atoms with E-state index in [0.717, 1.165) is 25.7 Å². The largest absolute Gasteiger partial charge is 0.354 e. The van der Waals surface area contributed by atoms with Gasteiger partial charge < -0.3 is 16.0 Å². The number of amides is 1. The monoisotopic (exact) mass is 472 g/mol. The highest BCUT2D eigenvalue weighted by atomic mass is 127. The topological polar surface area (TPSA) is 65.5 Å². The lowest BCUT2D eigenvalue weighted by molar-refractivity contribution is -0.120. The minimum Gasteiger partial charge on any atom is -0.354 e. The van der Waals surface area contributed by atoms with E-state index in [1.54, 1.807) is 7.05 Å². The molecule has 5 nitrogen and oxygen atoms in total. The van der Waals surface area contributed by atoms with Gasteiger partial charge in [0.05, 0.1) is 6.54 Å². The van der Waals surface area contributed by atoms with Crippen molar-refractivity contribution < 1.29 is 4.79 Å². The van der Waals surface area contributed by atoms with Crippen LogP contribution in [0.25, 0.3) is 0 Å². The summed E-state index contributed by atoms with van der Waals surface area (Å²) in [5.74, 6) is 0.728. The second-order valence-corrected chi connectivity index (χ2v) is 6.90. The summed E-state index contributed by atoms with van der Waals surface area (Å²) >= 11 is 0. The number of carbonyl (C=O) groups is 1. The molecule has 0 heterocycles. The molecule has 1 aromatic rings. The van der Waals surface area contributed by atoms with E-state index in [1.807, 2.05) is 6.07 Å². The van der Waals surface area contributed by atoms with E-state index in [2.05, 4.69) is 52.1 Å². The van der Waals surface area contributed by atoms with Gasteiger partial charge >= 0.3 is 0 Å². The first-order chi connectivity index (χ1) is 12.2. The van der Waals surface area contributed by atoms with Gasteiger partial charge in [-0.3, -0.25) is 9.79 Å². The fourth-order valence-electron chi connectivity index (χ4n) is 3.22. The lowest BCUT2D eigenvalue weighted by Crippen LogP contribution is -2.48. The number of carbonyl (C=O) groups excluding carboxylic acids is 1. The van der Waals surface area contributed by atoms with Crippen molar-refractivity contribution in [1.29, 1.82) is 0 Å². The van der Waals surface area contributed by atoms with Crippen LogP contribution in [0.3, 0.4) is 0 Å². The van der Waals surface area contributed by atoms with Gasteiger partial charge in [0, 0.05) is 19.1 Å². The van der Waals surface area contributed by atoms with Crippen LogP contribution in [-0.2, 0) is 11.2 Å². The summed E-state index contributed by atoms with van der Waals surface area (Å²) in [6.45, 7) is 2.40. The fourth-order valence-corrected chi connectivity index (χ4v) is 3.22. The molecule has 0 radical (unpaired) electrons. The molecule has 1 aliphatic rings. The molecule has 0 aromatic heterocycles. The lowest BCUT2D eigenvalue weighted by atomic mass is 9.95. The predicted octanol–water partition coefficient (Wildman–Crippen LogP) is 3.24. The van der Waals surface area contributed by atoms with Crippen molar-refractivity contribution in [2.45, 2.75) is 64.0 Å². The third kappa shape index (κ3) is 8.87. The van der Waals surface area contributed by atoms with Crippen LogP contribution in [0.2, 0.25) is 0 Å². The number of halogens is 1. The molecule has 1 amide bonds. The normalized spacial score (nSPS) is 16.3. The van der Waals surface area contributed by atoms with Gasteiger partial charge in [-0.2, -0.15) is 0 Å². The zero-order chi connectivity index (χ0) is 17.9. The Kier molecular flexibility index (Phi) is 11.3. The molecule has 1 atom stereocenters. The van der Waals surface area contributed by atoms with Crippen molar-refractivity contribution in [3.05, 3.63) is 35.9 Å². The van der Waals surface area contributed by atoms with Gasteiger partial charge in [-0.05, 0) is 38.2 Å². The van der Waals surface area contributed by atoms with Crippen molar-refractivity contribution in [3.63, 3.8) is 0 Å². The molecule has 26 heavy (non-hydrogen) atoms. The number of nitrogens with zero attached hydrogens (tertiary/aromatic N) is 1. The molecule has 0 spiro atoms. The van der Waals surface area contributed by atoms with E-state index < -0.39 is 0 Å². The van der Waals surface area contributed by atoms with E-state index in [1.165, 1.54) is 24.8 Å². The standard InChI is InChI=1S/C20H32N4O.HI/c1-16(13-14-17-9-5-3-6-10-17)23-20(21-2)22-15-19(25)24-18-11-7-4-8-12-18;/h3,5-6,9-10,16,18H,4,7-8,11-15H2,1-2H3,(H,24,25)(H2,21,22,23);1H. The van der Waals surface area contributed by atoms with Crippen LogP contribution < -0.4 is 16.0 Å². The van der Waals surface area contributed by atoms with Gasteiger partial charge in [0.25, 0.3) is 0 Å². The Morgan fingerprint density at radius 2 is 1.88 bits per heavy atom. The maximum absolute atomic E-state index is 12.1.